The van der Waals surface area contributed by atoms with Crippen LogP contribution in [0, 0.1) is 6.92 Å². The smallest absolute Gasteiger partial charge is 0.227 e. The molecule has 2 aromatic heterocycles. The van der Waals surface area contributed by atoms with Crippen molar-refractivity contribution in [1.29, 1.82) is 0 Å². The third kappa shape index (κ3) is 2.65. The summed E-state index contributed by atoms with van der Waals surface area (Å²) in [5, 5.41) is 12.8. The first kappa shape index (κ1) is 12.1. The van der Waals surface area contributed by atoms with Gasteiger partial charge in [0.15, 0.2) is 0 Å². The Balaban J connectivity index is 2.44. The second kappa shape index (κ2) is 5.29. The minimum atomic E-state index is -0.0227. The van der Waals surface area contributed by atoms with Crippen molar-refractivity contribution in [1.82, 2.24) is 9.97 Å². The minimum Gasteiger partial charge on any atom is -0.475 e. The SMILES string of the molecule is CCNc1nc(OCCO)c2cc(C)sc2n1. The van der Waals surface area contributed by atoms with E-state index in [0.29, 0.717) is 11.8 Å². The van der Waals surface area contributed by atoms with Gasteiger partial charge in [0, 0.05) is 11.4 Å². The van der Waals surface area contributed by atoms with Crippen LogP contribution < -0.4 is 10.1 Å². The number of nitrogens with one attached hydrogen (secondary N) is 1. The molecule has 6 heteroatoms. The van der Waals surface area contributed by atoms with Gasteiger partial charge in [-0.2, -0.15) is 4.98 Å². The summed E-state index contributed by atoms with van der Waals surface area (Å²) < 4.78 is 5.43. The van der Waals surface area contributed by atoms with Gasteiger partial charge in [0.25, 0.3) is 0 Å². The second-order valence-electron chi connectivity index (χ2n) is 3.53. The van der Waals surface area contributed by atoms with Crippen LogP contribution in [0.25, 0.3) is 10.2 Å². The molecule has 17 heavy (non-hydrogen) atoms. The number of aliphatic hydroxyl groups excluding tert-OH is 1. The van der Waals surface area contributed by atoms with E-state index in [-0.39, 0.29) is 13.2 Å². The van der Waals surface area contributed by atoms with Crippen LogP contribution in [-0.2, 0) is 0 Å². The summed E-state index contributed by atoms with van der Waals surface area (Å²) in [4.78, 5) is 10.8. The topological polar surface area (TPSA) is 67.3 Å². The van der Waals surface area contributed by atoms with E-state index < -0.39 is 0 Å². The summed E-state index contributed by atoms with van der Waals surface area (Å²) in [5.41, 5.74) is 0. The van der Waals surface area contributed by atoms with Crippen molar-refractivity contribution in [3.8, 4) is 5.88 Å². The third-order valence-electron chi connectivity index (χ3n) is 2.15. The van der Waals surface area contributed by atoms with Gasteiger partial charge in [-0.25, -0.2) is 4.98 Å². The van der Waals surface area contributed by atoms with Gasteiger partial charge in [-0.15, -0.1) is 11.3 Å². The minimum absolute atomic E-state index is 0.0227. The Bertz CT molecular complexity index is 513. The lowest BCUT2D eigenvalue weighted by Crippen LogP contribution is -2.07. The summed E-state index contributed by atoms with van der Waals surface area (Å²) >= 11 is 1.61. The van der Waals surface area contributed by atoms with Gasteiger partial charge in [0.05, 0.1) is 12.0 Å². The maximum atomic E-state index is 8.80. The summed E-state index contributed by atoms with van der Waals surface area (Å²) in [6.07, 6.45) is 0. The molecule has 2 aromatic rings. The molecule has 0 aromatic carbocycles. The predicted molar refractivity (Wildman–Crippen MR) is 68.9 cm³/mol. The van der Waals surface area contributed by atoms with Gasteiger partial charge in [-0.05, 0) is 19.9 Å². The molecule has 0 saturated carbocycles. The normalized spacial score (nSPS) is 10.8. The fraction of sp³-hybridized carbons (Fsp3) is 0.455. The number of fused-ring (bicyclic) bond motifs is 1. The highest BCUT2D eigenvalue weighted by Crippen LogP contribution is 2.30. The molecule has 0 bridgehead atoms. The summed E-state index contributed by atoms with van der Waals surface area (Å²) in [5.74, 6) is 1.10. The zero-order valence-electron chi connectivity index (χ0n) is 9.86. The highest BCUT2D eigenvalue weighted by Gasteiger charge is 2.11. The lowest BCUT2D eigenvalue weighted by atomic mass is 10.3. The van der Waals surface area contributed by atoms with E-state index in [4.69, 9.17) is 9.84 Å². The number of aromatic nitrogens is 2. The van der Waals surface area contributed by atoms with Gasteiger partial charge in [-0.1, -0.05) is 0 Å². The van der Waals surface area contributed by atoms with Crippen molar-refractivity contribution in [3.05, 3.63) is 10.9 Å². The van der Waals surface area contributed by atoms with E-state index in [9.17, 15) is 0 Å². The van der Waals surface area contributed by atoms with Gasteiger partial charge in [0.2, 0.25) is 11.8 Å². The number of ether oxygens (including phenoxy) is 1. The highest BCUT2D eigenvalue weighted by molar-refractivity contribution is 7.18. The van der Waals surface area contributed by atoms with Crippen molar-refractivity contribution >= 4 is 27.5 Å². The Labute approximate surface area is 103 Å². The second-order valence-corrected chi connectivity index (χ2v) is 4.77. The maximum Gasteiger partial charge on any atom is 0.227 e. The molecule has 0 aliphatic rings. The zero-order valence-corrected chi connectivity index (χ0v) is 10.7. The van der Waals surface area contributed by atoms with Crippen molar-refractivity contribution in [3.63, 3.8) is 0 Å². The van der Waals surface area contributed by atoms with Gasteiger partial charge in [-0.3, -0.25) is 0 Å². The fourth-order valence-corrected chi connectivity index (χ4v) is 2.38. The lowest BCUT2D eigenvalue weighted by Gasteiger charge is -2.07. The molecule has 0 atom stereocenters. The van der Waals surface area contributed by atoms with E-state index in [2.05, 4.69) is 15.3 Å². The molecule has 0 spiro atoms. The highest BCUT2D eigenvalue weighted by atomic mass is 32.1. The molecule has 0 aliphatic heterocycles. The Morgan fingerprint density at radius 3 is 3.00 bits per heavy atom. The van der Waals surface area contributed by atoms with E-state index in [1.807, 2.05) is 19.9 Å². The van der Waals surface area contributed by atoms with Crippen LogP contribution in [0.2, 0.25) is 0 Å². The number of anilines is 1. The molecule has 92 valence electrons. The van der Waals surface area contributed by atoms with Gasteiger partial charge < -0.3 is 15.2 Å². The van der Waals surface area contributed by atoms with Crippen molar-refractivity contribution in [2.75, 3.05) is 25.1 Å². The van der Waals surface area contributed by atoms with Crippen molar-refractivity contribution in [2.24, 2.45) is 0 Å². The molecule has 2 rings (SSSR count). The molecule has 5 nitrogen and oxygen atoms in total. The summed E-state index contributed by atoms with van der Waals surface area (Å²) in [6, 6.07) is 2.00. The molecule has 2 N–H and O–H groups in total. The van der Waals surface area contributed by atoms with Crippen LogP contribution in [0.3, 0.4) is 0 Å². The number of nitrogens with zero attached hydrogens (tertiary/aromatic N) is 2. The molecule has 0 aliphatic carbocycles. The average Bonchev–Trinajstić information content (AvgIpc) is 2.67. The Morgan fingerprint density at radius 1 is 1.47 bits per heavy atom. The Kier molecular flexibility index (Phi) is 3.75. The van der Waals surface area contributed by atoms with Crippen LogP contribution >= 0.6 is 11.3 Å². The standard InChI is InChI=1S/C11H15N3O2S/c1-3-12-11-13-9(16-5-4-15)8-6-7(2)17-10(8)14-11/h6,15H,3-5H2,1-2H3,(H,12,13,14). The van der Waals surface area contributed by atoms with E-state index in [1.165, 1.54) is 0 Å². The first-order chi connectivity index (χ1) is 8.24. The average molecular weight is 253 g/mol. The molecule has 2 heterocycles. The monoisotopic (exact) mass is 253 g/mol. The molecular weight excluding hydrogens is 238 g/mol. The van der Waals surface area contributed by atoms with Crippen LogP contribution in [0.15, 0.2) is 6.07 Å². The number of rotatable bonds is 5. The molecule has 0 fully saturated rings. The third-order valence-corrected chi connectivity index (χ3v) is 3.09. The predicted octanol–water partition coefficient (Wildman–Crippen LogP) is 1.80. The number of hydrogen-bond acceptors (Lipinski definition) is 6. The van der Waals surface area contributed by atoms with Crippen LogP contribution in [0.5, 0.6) is 5.88 Å². The van der Waals surface area contributed by atoms with E-state index >= 15 is 0 Å². The lowest BCUT2D eigenvalue weighted by molar-refractivity contribution is 0.198. The quantitative estimate of drug-likeness (QED) is 0.850. The Hall–Kier alpha value is -1.40. The molecule has 0 saturated heterocycles. The summed E-state index contributed by atoms with van der Waals surface area (Å²) in [7, 11) is 0. The summed E-state index contributed by atoms with van der Waals surface area (Å²) in [6.45, 7) is 4.99. The molecule has 0 unspecified atom stereocenters. The fourth-order valence-electron chi connectivity index (χ4n) is 1.51. The molecule has 0 radical (unpaired) electrons. The molecular formula is C11H15N3O2S. The van der Waals surface area contributed by atoms with Gasteiger partial charge in [0.1, 0.15) is 11.4 Å². The maximum absolute atomic E-state index is 8.80. The van der Waals surface area contributed by atoms with Crippen LogP contribution in [-0.4, -0.2) is 34.8 Å². The van der Waals surface area contributed by atoms with Crippen molar-refractivity contribution in [2.45, 2.75) is 13.8 Å². The number of thiophene rings is 1. The first-order valence-electron chi connectivity index (χ1n) is 5.50. The van der Waals surface area contributed by atoms with Crippen LogP contribution in [0.1, 0.15) is 11.8 Å². The van der Waals surface area contributed by atoms with Crippen molar-refractivity contribution < 1.29 is 9.84 Å². The van der Waals surface area contributed by atoms with Crippen LogP contribution in [0.4, 0.5) is 5.95 Å². The Morgan fingerprint density at radius 2 is 2.29 bits per heavy atom. The zero-order chi connectivity index (χ0) is 12.3. The van der Waals surface area contributed by atoms with Gasteiger partial charge >= 0.3 is 0 Å². The first-order valence-corrected chi connectivity index (χ1v) is 6.32. The molecule has 0 amide bonds. The largest absolute Gasteiger partial charge is 0.475 e. The van der Waals surface area contributed by atoms with E-state index in [0.717, 1.165) is 21.6 Å². The number of hydrogen-bond donors (Lipinski definition) is 2. The number of aliphatic hydroxyl groups is 1. The van der Waals surface area contributed by atoms with E-state index in [1.54, 1.807) is 11.3 Å². The number of aryl methyl sites for hydroxylation is 1.